The molecular formula is C20H24N2O4. The summed E-state index contributed by atoms with van der Waals surface area (Å²) >= 11 is 0. The Bertz CT molecular complexity index is 793. The molecular weight excluding hydrogens is 332 g/mol. The van der Waals surface area contributed by atoms with Crippen LogP contribution >= 0.6 is 0 Å². The van der Waals surface area contributed by atoms with Gasteiger partial charge in [0.25, 0.3) is 0 Å². The second-order valence-electron chi connectivity index (χ2n) is 6.45. The number of methoxy groups -OCH3 is 2. The molecule has 3 rings (SSSR count). The Kier molecular flexibility index (Phi) is 5.42. The third kappa shape index (κ3) is 3.51. The van der Waals surface area contributed by atoms with Gasteiger partial charge in [0.05, 0.1) is 26.0 Å². The number of carboxylic acids is 1. The summed E-state index contributed by atoms with van der Waals surface area (Å²) in [7, 11) is 3.19. The van der Waals surface area contributed by atoms with Gasteiger partial charge in [-0.25, -0.2) is 0 Å². The van der Waals surface area contributed by atoms with E-state index in [1.54, 1.807) is 14.2 Å². The van der Waals surface area contributed by atoms with Crippen molar-refractivity contribution in [1.29, 1.82) is 0 Å². The van der Waals surface area contributed by atoms with Crippen molar-refractivity contribution in [3.8, 4) is 11.5 Å². The average molecular weight is 356 g/mol. The quantitative estimate of drug-likeness (QED) is 0.858. The molecule has 1 saturated heterocycles. The zero-order valence-corrected chi connectivity index (χ0v) is 15.3. The number of carbonyl (C=O) groups is 1. The van der Waals surface area contributed by atoms with Crippen LogP contribution in [0.2, 0.25) is 0 Å². The molecule has 0 radical (unpaired) electrons. The van der Waals surface area contributed by atoms with Crippen LogP contribution in [0.5, 0.6) is 11.5 Å². The van der Waals surface area contributed by atoms with Crippen molar-refractivity contribution in [2.45, 2.75) is 31.8 Å². The number of likely N-dealkylation sites (tertiary alicyclic amines) is 1. The Morgan fingerprint density at radius 2 is 2.00 bits per heavy atom. The summed E-state index contributed by atoms with van der Waals surface area (Å²) in [6, 6.07) is 10.8. The van der Waals surface area contributed by atoms with E-state index in [4.69, 9.17) is 9.47 Å². The fourth-order valence-corrected chi connectivity index (χ4v) is 3.63. The van der Waals surface area contributed by atoms with Gasteiger partial charge in [0, 0.05) is 12.2 Å². The molecule has 0 amide bonds. The van der Waals surface area contributed by atoms with Gasteiger partial charge in [-0.15, -0.1) is 0 Å². The number of pyridine rings is 1. The lowest BCUT2D eigenvalue weighted by atomic mass is 9.99. The molecule has 2 unspecified atom stereocenters. The van der Waals surface area contributed by atoms with E-state index in [1.807, 2.05) is 48.2 Å². The van der Waals surface area contributed by atoms with Crippen molar-refractivity contribution in [3.05, 3.63) is 53.3 Å². The predicted molar refractivity (Wildman–Crippen MR) is 97.7 cm³/mol. The molecule has 2 atom stereocenters. The standard InChI is InChI=1S/C20H24N2O4/c1-13-6-4-7-15(21-13)19(22-11-5-8-16(22)20(23)24)14-9-10-17(25-2)18(12-14)26-3/h4,6-7,9-10,12,16,19H,5,8,11H2,1-3H3,(H,23,24). The van der Waals surface area contributed by atoms with E-state index in [0.717, 1.165) is 23.4 Å². The summed E-state index contributed by atoms with van der Waals surface area (Å²) < 4.78 is 10.8. The first-order valence-electron chi connectivity index (χ1n) is 8.69. The molecule has 6 heteroatoms. The fraction of sp³-hybridized carbons (Fsp3) is 0.400. The van der Waals surface area contributed by atoms with E-state index in [1.165, 1.54) is 0 Å². The minimum absolute atomic E-state index is 0.252. The average Bonchev–Trinajstić information content (AvgIpc) is 3.11. The van der Waals surface area contributed by atoms with Crippen LogP contribution in [0, 0.1) is 6.92 Å². The number of rotatable bonds is 6. The normalized spacial score (nSPS) is 18.5. The molecule has 1 aromatic carbocycles. The number of carboxylic acid groups (broad SMARTS) is 1. The topological polar surface area (TPSA) is 71.9 Å². The van der Waals surface area contributed by atoms with Crippen molar-refractivity contribution in [3.63, 3.8) is 0 Å². The molecule has 1 N–H and O–H groups in total. The van der Waals surface area contributed by atoms with Gasteiger partial charge in [0.1, 0.15) is 6.04 Å². The number of benzene rings is 1. The van der Waals surface area contributed by atoms with Crippen LogP contribution in [-0.2, 0) is 4.79 Å². The maximum Gasteiger partial charge on any atom is 0.320 e. The summed E-state index contributed by atoms with van der Waals surface area (Å²) in [5, 5.41) is 9.66. The van der Waals surface area contributed by atoms with E-state index in [0.29, 0.717) is 24.5 Å². The van der Waals surface area contributed by atoms with Crippen LogP contribution in [0.4, 0.5) is 0 Å². The van der Waals surface area contributed by atoms with E-state index >= 15 is 0 Å². The van der Waals surface area contributed by atoms with Crippen LogP contribution < -0.4 is 9.47 Å². The molecule has 0 aliphatic carbocycles. The minimum Gasteiger partial charge on any atom is -0.493 e. The molecule has 0 spiro atoms. The van der Waals surface area contributed by atoms with Crippen molar-refractivity contribution in [2.75, 3.05) is 20.8 Å². The predicted octanol–water partition coefficient (Wildman–Crippen LogP) is 3.05. The molecule has 2 heterocycles. The van der Waals surface area contributed by atoms with Crippen molar-refractivity contribution in [2.24, 2.45) is 0 Å². The van der Waals surface area contributed by atoms with Crippen molar-refractivity contribution in [1.82, 2.24) is 9.88 Å². The number of ether oxygens (including phenoxy) is 2. The zero-order chi connectivity index (χ0) is 18.7. The van der Waals surface area contributed by atoms with E-state index in [-0.39, 0.29) is 6.04 Å². The number of nitrogens with zero attached hydrogens (tertiary/aromatic N) is 2. The lowest BCUT2D eigenvalue weighted by Gasteiger charge is -2.31. The third-order valence-electron chi connectivity index (χ3n) is 4.82. The van der Waals surface area contributed by atoms with Gasteiger partial charge in [0.2, 0.25) is 0 Å². The maximum absolute atomic E-state index is 11.8. The first-order valence-corrected chi connectivity index (χ1v) is 8.69. The van der Waals surface area contributed by atoms with Crippen LogP contribution in [0.15, 0.2) is 36.4 Å². The van der Waals surface area contributed by atoms with E-state index < -0.39 is 12.0 Å². The molecule has 6 nitrogen and oxygen atoms in total. The number of hydrogen-bond donors (Lipinski definition) is 1. The van der Waals surface area contributed by atoms with E-state index in [9.17, 15) is 9.90 Å². The number of aromatic nitrogens is 1. The fourth-order valence-electron chi connectivity index (χ4n) is 3.63. The monoisotopic (exact) mass is 356 g/mol. The second-order valence-corrected chi connectivity index (χ2v) is 6.45. The highest BCUT2D eigenvalue weighted by Crippen LogP contribution is 2.38. The summed E-state index contributed by atoms with van der Waals surface area (Å²) in [6.07, 6.45) is 1.50. The molecule has 2 aromatic rings. The highest BCUT2D eigenvalue weighted by atomic mass is 16.5. The second kappa shape index (κ2) is 7.74. The Morgan fingerprint density at radius 1 is 1.23 bits per heavy atom. The van der Waals surface area contributed by atoms with E-state index in [2.05, 4.69) is 4.98 Å². The summed E-state index contributed by atoms with van der Waals surface area (Å²) in [5.41, 5.74) is 2.68. The van der Waals surface area contributed by atoms with Gasteiger partial charge < -0.3 is 14.6 Å². The van der Waals surface area contributed by atoms with Crippen molar-refractivity contribution >= 4 is 5.97 Å². The summed E-state index contributed by atoms with van der Waals surface area (Å²) in [4.78, 5) is 18.5. The molecule has 1 aliphatic rings. The molecule has 0 saturated carbocycles. The molecule has 26 heavy (non-hydrogen) atoms. The summed E-state index contributed by atoms with van der Waals surface area (Å²) in [6.45, 7) is 2.65. The van der Waals surface area contributed by atoms with Crippen LogP contribution in [0.25, 0.3) is 0 Å². The van der Waals surface area contributed by atoms with Gasteiger partial charge in [-0.05, 0) is 49.6 Å². The number of aliphatic carboxylic acids is 1. The first-order chi connectivity index (χ1) is 12.5. The van der Waals surface area contributed by atoms with Gasteiger partial charge in [-0.3, -0.25) is 14.7 Å². The number of aryl methyl sites for hydroxylation is 1. The molecule has 1 aromatic heterocycles. The van der Waals surface area contributed by atoms with Crippen molar-refractivity contribution < 1.29 is 19.4 Å². The highest BCUT2D eigenvalue weighted by molar-refractivity contribution is 5.74. The first kappa shape index (κ1) is 18.2. The lowest BCUT2D eigenvalue weighted by Crippen LogP contribution is -2.39. The lowest BCUT2D eigenvalue weighted by molar-refractivity contribution is -0.142. The van der Waals surface area contributed by atoms with Crippen LogP contribution in [-0.4, -0.2) is 47.8 Å². The van der Waals surface area contributed by atoms with Crippen LogP contribution in [0.1, 0.15) is 35.8 Å². The molecule has 138 valence electrons. The Labute approximate surface area is 153 Å². The molecule has 1 aliphatic heterocycles. The smallest absolute Gasteiger partial charge is 0.320 e. The largest absolute Gasteiger partial charge is 0.493 e. The summed E-state index contributed by atoms with van der Waals surface area (Å²) in [5.74, 6) is 0.470. The molecule has 0 bridgehead atoms. The third-order valence-corrected chi connectivity index (χ3v) is 4.82. The maximum atomic E-state index is 11.8. The molecule has 1 fully saturated rings. The Balaban J connectivity index is 2.10. The van der Waals surface area contributed by atoms with Crippen LogP contribution in [0.3, 0.4) is 0 Å². The Morgan fingerprint density at radius 3 is 2.65 bits per heavy atom. The van der Waals surface area contributed by atoms with Gasteiger partial charge >= 0.3 is 5.97 Å². The van der Waals surface area contributed by atoms with Gasteiger partial charge in [-0.1, -0.05) is 12.1 Å². The zero-order valence-electron chi connectivity index (χ0n) is 15.3. The minimum atomic E-state index is -0.791. The highest BCUT2D eigenvalue weighted by Gasteiger charge is 2.37. The SMILES string of the molecule is COc1ccc(C(c2cccc(C)n2)N2CCCC2C(=O)O)cc1OC. The Hall–Kier alpha value is -2.60. The van der Waals surface area contributed by atoms with Gasteiger partial charge in [0.15, 0.2) is 11.5 Å². The van der Waals surface area contributed by atoms with Gasteiger partial charge in [-0.2, -0.15) is 0 Å². The number of hydrogen-bond acceptors (Lipinski definition) is 5.